The van der Waals surface area contributed by atoms with E-state index in [1.807, 2.05) is 34.4 Å². The summed E-state index contributed by atoms with van der Waals surface area (Å²) in [5.41, 5.74) is 3.82. The molecule has 2 aliphatic rings. The van der Waals surface area contributed by atoms with Gasteiger partial charge in [-0.1, -0.05) is 6.08 Å². The minimum Gasteiger partial charge on any atom is -0.439 e. The number of anilines is 2. The molecule has 0 N–H and O–H groups in total. The molecule has 0 aromatic carbocycles. The number of morpholine rings is 1. The number of carbonyl (C=O) groups excluding carboxylic acids is 1. The van der Waals surface area contributed by atoms with Gasteiger partial charge in [0.25, 0.3) is 0 Å². The van der Waals surface area contributed by atoms with Crippen molar-refractivity contribution in [3.8, 4) is 11.3 Å². The third-order valence-electron chi connectivity index (χ3n) is 6.59. The molecule has 0 atom stereocenters. The van der Waals surface area contributed by atoms with E-state index in [2.05, 4.69) is 17.1 Å². The number of ether oxygens (including phenoxy) is 1. The predicted molar refractivity (Wildman–Crippen MR) is 157 cm³/mol. The number of fused-ring (bicyclic) bond motifs is 1. The van der Waals surface area contributed by atoms with Crippen LogP contribution >= 0.6 is 11.3 Å². The fourth-order valence-corrected chi connectivity index (χ4v) is 5.18. The summed E-state index contributed by atoms with van der Waals surface area (Å²) in [6.07, 6.45) is 12.7. The standard InChI is InChI=1S/C29H31N5O4S/c1-32(2)26(36)11-8-20-6-4-5-7-25(31-17-20)33(3)21-9-10-23(30-18-21)22-19-39-29-24(35)16-27(38-28(22)29)34-12-14-37-15-13-34/h6-11,16-19H,4-5,12-15H2,1-3H3/b11-8+,20-6-,25-7-,31-17-. The fraction of sp³-hybridized carbons (Fsp3) is 0.310. The minimum atomic E-state index is -0.0691. The van der Waals surface area contributed by atoms with E-state index in [4.69, 9.17) is 14.1 Å². The van der Waals surface area contributed by atoms with Gasteiger partial charge in [0.1, 0.15) is 10.5 Å². The van der Waals surface area contributed by atoms with E-state index in [9.17, 15) is 9.59 Å². The van der Waals surface area contributed by atoms with Crippen LogP contribution in [0, 0.1) is 0 Å². The molecule has 39 heavy (non-hydrogen) atoms. The van der Waals surface area contributed by atoms with Crippen molar-refractivity contribution in [2.24, 2.45) is 4.99 Å². The van der Waals surface area contributed by atoms with Gasteiger partial charge in [0.05, 0.1) is 36.4 Å². The maximum Gasteiger partial charge on any atom is 0.246 e. The summed E-state index contributed by atoms with van der Waals surface area (Å²) >= 11 is 1.37. The van der Waals surface area contributed by atoms with Crippen molar-refractivity contribution in [1.82, 2.24) is 9.88 Å². The SMILES string of the molecule is CN(C)C(=O)/C=C/C1=C/CC/C=C(N(C)c2ccc(-c3csc4c(=O)cc(N5CCOCC5)oc34)nc2)/N=C\1. The van der Waals surface area contributed by atoms with Crippen molar-refractivity contribution in [3.63, 3.8) is 0 Å². The Kier molecular flexibility index (Phi) is 8.04. The molecule has 0 bridgehead atoms. The number of nitrogens with zero attached hydrogens (tertiary/aromatic N) is 5. The molecular weight excluding hydrogens is 514 g/mol. The summed E-state index contributed by atoms with van der Waals surface area (Å²) in [4.78, 5) is 39.6. The van der Waals surface area contributed by atoms with Gasteiger partial charge in [0.15, 0.2) is 11.5 Å². The maximum absolute atomic E-state index is 12.8. The number of rotatable bonds is 6. The summed E-state index contributed by atoms with van der Waals surface area (Å²) < 4.78 is 12.2. The van der Waals surface area contributed by atoms with Crippen LogP contribution in [0.5, 0.6) is 0 Å². The first-order chi connectivity index (χ1) is 18.9. The van der Waals surface area contributed by atoms with Crippen LogP contribution in [-0.4, -0.2) is 69.5 Å². The largest absolute Gasteiger partial charge is 0.439 e. The molecule has 1 saturated heterocycles. The number of pyridine rings is 1. The van der Waals surface area contributed by atoms with Gasteiger partial charge in [-0.15, -0.1) is 11.3 Å². The Morgan fingerprint density at radius 1 is 1.13 bits per heavy atom. The van der Waals surface area contributed by atoms with Crippen LogP contribution in [0.2, 0.25) is 0 Å². The summed E-state index contributed by atoms with van der Waals surface area (Å²) in [6, 6.07) is 5.49. The van der Waals surface area contributed by atoms with Gasteiger partial charge in [-0.2, -0.15) is 0 Å². The third-order valence-corrected chi connectivity index (χ3v) is 7.56. The normalized spacial score (nSPS) is 19.6. The van der Waals surface area contributed by atoms with Gasteiger partial charge in [-0.25, -0.2) is 4.99 Å². The molecule has 1 fully saturated rings. The topological polar surface area (TPSA) is 91.5 Å². The second-order valence-electron chi connectivity index (χ2n) is 9.48. The quantitative estimate of drug-likeness (QED) is 0.422. The van der Waals surface area contributed by atoms with Gasteiger partial charge in [-0.3, -0.25) is 14.6 Å². The lowest BCUT2D eigenvalue weighted by atomic mass is 10.1. The van der Waals surface area contributed by atoms with Crippen LogP contribution in [0.25, 0.3) is 21.5 Å². The van der Waals surface area contributed by atoms with Crippen molar-refractivity contribution in [3.05, 3.63) is 75.7 Å². The van der Waals surface area contributed by atoms with E-state index < -0.39 is 0 Å². The van der Waals surface area contributed by atoms with Gasteiger partial charge in [0, 0.05) is 58.0 Å². The van der Waals surface area contributed by atoms with E-state index in [0.717, 1.165) is 41.2 Å². The zero-order chi connectivity index (χ0) is 27.4. The number of hydrogen-bond acceptors (Lipinski definition) is 9. The number of carbonyl (C=O) groups is 1. The Hall–Kier alpha value is -4.02. The smallest absolute Gasteiger partial charge is 0.246 e. The Morgan fingerprint density at radius 3 is 2.67 bits per heavy atom. The Morgan fingerprint density at radius 2 is 1.92 bits per heavy atom. The fourth-order valence-electron chi connectivity index (χ4n) is 4.28. The summed E-state index contributed by atoms with van der Waals surface area (Å²) in [7, 11) is 5.40. The highest BCUT2D eigenvalue weighted by Crippen LogP contribution is 2.34. The molecule has 0 aliphatic carbocycles. The molecule has 10 heteroatoms. The van der Waals surface area contributed by atoms with E-state index in [0.29, 0.717) is 42.5 Å². The van der Waals surface area contributed by atoms with Crippen LogP contribution in [-0.2, 0) is 9.53 Å². The van der Waals surface area contributed by atoms with Gasteiger partial charge in [-0.05, 0) is 42.7 Å². The zero-order valence-corrected chi connectivity index (χ0v) is 23.1. The Balaban J connectivity index is 1.36. The summed E-state index contributed by atoms with van der Waals surface area (Å²) in [5.74, 6) is 1.29. The second kappa shape index (κ2) is 11.8. The van der Waals surface area contributed by atoms with Crippen LogP contribution in [0.15, 0.2) is 79.7 Å². The number of aromatic nitrogens is 1. The van der Waals surface area contributed by atoms with Gasteiger partial charge < -0.3 is 23.9 Å². The zero-order valence-electron chi connectivity index (χ0n) is 22.3. The highest BCUT2D eigenvalue weighted by molar-refractivity contribution is 7.17. The minimum absolute atomic E-state index is 0.0474. The maximum atomic E-state index is 12.8. The molecule has 0 unspecified atom stereocenters. The number of thiophene rings is 1. The summed E-state index contributed by atoms with van der Waals surface area (Å²) in [6.45, 7) is 2.60. The molecule has 0 radical (unpaired) electrons. The molecular formula is C29H31N5O4S. The first-order valence-corrected chi connectivity index (χ1v) is 13.7. The van der Waals surface area contributed by atoms with E-state index in [1.165, 1.54) is 16.2 Å². The predicted octanol–water partition coefficient (Wildman–Crippen LogP) is 4.47. The van der Waals surface area contributed by atoms with Gasteiger partial charge >= 0.3 is 0 Å². The second-order valence-corrected chi connectivity index (χ2v) is 10.4. The first-order valence-electron chi connectivity index (χ1n) is 12.8. The van der Waals surface area contributed by atoms with Crippen LogP contribution < -0.4 is 15.2 Å². The molecule has 3 aromatic heterocycles. The lowest BCUT2D eigenvalue weighted by Gasteiger charge is -2.27. The van der Waals surface area contributed by atoms with Crippen LogP contribution in [0.1, 0.15) is 12.8 Å². The average Bonchev–Trinajstić information content (AvgIpc) is 3.37. The monoisotopic (exact) mass is 545 g/mol. The van der Waals surface area contributed by atoms with Gasteiger partial charge in [0.2, 0.25) is 11.3 Å². The molecule has 2 aliphatic heterocycles. The van der Waals surface area contributed by atoms with Crippen molar-refractivity contribution in [2.75, 3.05) is 57.2 Å². The molecule has 5 rings (SSSR count). The number of aliphatic imine (C=N–C) groups is 1. The van der Waals surface area contributed by atoms with E-state index in [1.54, 1.807) is 44.7 Å². The lowest BCUT2D eigenvalue weighted by molar-refractivity contribution is -0.123. The first kappa shape index (κ1) is 26.6. The van der Waals surface area contributed by atoms with Crippen molar-refractivity contribution < 1.29 is 13.9 Å². The molecule has 3 aromatic rings. The average molecular weight is 546 g/mol. The van der Waals surface area contributed by atoms with E-state index in [-0.39, 0.29) is 11.3 Å². The highest BCUT2D eigenvalue weighted by atomic mass is 32.1. The van der Waals surface area contributed by atoms with Crippen LogP contribution in [0.3, 0.4) is 0 Å². The highest BCUT2D eigenvalue weighted by Gasteiger charge is 2.19. The number of allylic oxidation sites excluding steroid dienone is 4. The molecule has 1 amide bonds. The van der Waals surface area contributed by atoms with Crippen molar-refractivity contribution in [1.29, 1.82) is 0 Å². The van der Waals surface area contributed by atoms with E-state index >= 15 is 0 Å². The number of amides is 1. The Labute approximate surface area is 231 Å². The molecule has 0 spiro atoms. The molecule has 202 valence electrons. The molecule has 0 saturated carbocycles. The summed E-state index contributed by atoms with van der Waals surface area (Å²) in [5, 5.41) is 1.93. The Bertz CT molecular complexity index is 1530. The number of hydrogen-bond donors (Lipinski definition) is 0. The molecule has 9 nitrogen and oxygen atoms in total. The van der Waals surface area contributed by atoms with Crippen molar-refractivity contribution >= 4 is 45.3 Å². The van der Waals surface area contributed by atoms with Crippen molar-refractivity contribution in [2.45, 2.75) is 12.8 Å². The third kappa shape index (κ3) is 6.02. The molecule has 5 heterocycles. The number of likely N-dealkylation sites (N-methyl/N-ethyl adjacent to an activating group) is 1. The van der Waals surface area contributed by atoms with Crippen LogP contribution in [0.4, 0.5) is 11.6 Å². The lowest BCUT2D eigenvalue weighted by Crippen LogP contribution is -2.36.